The molecular weight excluding hydrogens is 420 g/mol. The third kappa shape index (κ3) is 5.42. The van der Waals surface area contributed by atoms with E-state index >= 15 is 0 Å². The van der Waals surface area contributed by atoms with Gasteiger partial charge in [-0.25, -0.2) is 5.43 Å². The molecule has 0 saturated heterocycles. The van der Waals surface area contributed by atoms with Gasteiger partial charge in [-0.3, -0.25) is 25.0 Å². The summed E-state index contributed by atoms with van der Waals surface area (Å²) in [5.41, 5.74) is 2.79. The number of nitro groups is 2. The summed E-state index contributed by atoms with van der Waals surface area (Å²) in [7, 11) is 0. The van der Waals surface area contributed by atoms with Crippen LogP contribution >= 0.6 is 0 Å². The van der Waals surface area contributed by atoms with Crippen molar-refractivity contribution in [1.82, 2.24) is 5.43 Å². The van der Waals surface area contributed by atoms with Gasteiger partial charge in [0, 0.05) is 29.8 Å². The summed E-state index contributed by atoms with van der Waals surface area (Å²) >= 11 is 0. The molecule has 0 saturated carbocycles. The van der Waals surface area contributed by atoms with Gasteiger partial charge in [-0.05, 0) is 35.9 Å². The number of carbonyl (C=O) groups excluding carboxylic acids is 1. The largest absolute Gasteiger partial charge is 0.507 e. The molecule has 0 heterocycles. The van der Waals surface area contributed by atoms with E-state index in [1.807, 2.05) is 0 Å². The lowest BCUT2D eigenvalue weighted by atomic mass is 10.1. The fourth-order valence-corrected chi connectivity index (χ4v) is 2.63. The Balaban J connectivity index is 1.67. The van der Waals surface area contributed by atoms with Gasteiger partial charge in [0.2, 0.25) is 0 Å². The lowest BCUT2D eigenvalue weighted by Crippen LogP contribution is -2.18. The van der Waals surface area contributed by atoms with Gasteiger partial charge in [0.15, 0.2) is 0 Å². The highest BCUT2D eigenvalue weighted by molar-refractivity contribution is 5.98. The quantitative estimate of drug-likeness (QED) is 0.310. The van der Waals surface area contributed by atoms with Gasteiger partial charge in [-0.2, -0.15) is 5.10 Å². The van der Waals surface area contributed by atoms with Gasteiger partial charge in [-0.15, -0.1) is 0 Å². The highest BCUT2D eigenvalue weighted by Gasteiger charge is 2.16. The lowest BCUT2D eigenvalue weighted by Gasteiger charge is -2.09. The zero-order valence-corrected chi connectivity index (χ0v) is 16.4. The van der Waals surface area contributed by atoms with Crippen molar-refractivity contribution in [2.24, 2.45) is 5.10 Å². The number of aromatic hydroxyl groups is 1. The minimum atomic E-state index is -0.827. The molecule has 3 aromatic rings. The van der Waals surface area contributed by atoms with Crippen LogP contribution in [-0.4, -0.2) is 27.1 Å². The minimum absolute atomic E-state index is 0.0215. The normalized spacial score (nSPS) is 10.6. The molecule has 1 amide bonds. The van der Waals surface area contributed by atoms with Gasteiger partial charge < -0.3 is 9.84 Å². The van der Waals surface area contributed by atoms with Crippen molar-refractivity contribution in [1.29, 1.82) is 0 Å². The van der Waals surface area contributed by atoms with Crippen LogP contribution in [0, 0.1) is 20.2 Å². The molecule has 162 valence electrons. The van der Waals surface area contributed by atoms with Crippen molar-refractivity contribution >= 4 is 23.5 Å². The Bertz CT molecular complexity index is 1190. The Morgan fingerprint density at radius 2 is 1.66 bits per heavy atom. The molecule has 3 rings (SSSR count). The Morgan fingerprint density at radius 1 is 1.00 bits per heavy atom. The smallest absolute Gasteiger partial charge is 0.275 e. The Morgan fingerprint density at radius 3 is 2.34 bits per heavy atom. The van der Waals surface area contributed by atoms with Crippen molar-refractivity contribution in [3.05, 3.63) is 104 Å². The lowest BCUT2D eigenvalue weighted by molar-refractivity contribution is -0.385. The molecule has 0 radical (unpaired) electrons. The number of nitrogens with zero attached hydrogens (tertiary/aromatic N) is 3. The van der Waals surface area contributed by atoms with Gasteiger partial charge in [0.25, 0.3) is 17.3 Å². The van der Waals surface area contributed by atoms with Gasteiger partial charge in [-0.1, -0.05) is 12.1 Å². The first-order valence-electron chi connectivity index (χ1n) is 9.11. The molecule has 0 bridgehead atoms. The zero-order valence-electron chi connectivity index (χ0n) is 16.4. The van der Waals surface area contributed by atoms with Crippen LogP contribution in [0.1, 0.15) is 21.5 Å². The predicted octanol–water partition coefficient (Wildman–Crippen LogP) is 3.55. The standard InChI is InChI=1S/C21H16N4O7/c26-19-10-9-17(25(30)31)11-18(19)21(27)23-22-12-15-3-1-2-4-20(15)32-13-14-5-7-16(8-6-14)24(28)29/h1-12,26H,13H2,(H,23,27). The van der Waals surface area contributed by atoms with E-state index in [4.69, 9.17) is 4.74 Å². The molecule has 0 atom stereocenters. The third-order valence-corrected chi connectivity index (χ3v) is 4.27. The molecule has 0 aliphatic carbocycles. The van der Waals surface area contributed by atoms with E-state index in [2.05, 4.69) is 10.5 Å². The predicted molar refractivity (Wildman–Crippen MR) is 114 cm³/mol. The summed E-state index contributed by atoms with van der Waals surface area (Å²) in [4.78, 5) is 32.6. The first-order valence-corrected chi connectivity index (χ1v) is 9.11. The summed E-state index contributed by atoms with van der Waals surface area (Å²) in [6.45, 7) is 0.150. The summed E-state index contributed by atoms with van der Waals surface area (Å²) < 4.78 is 5.74. The van der Waals surface area contributed by atoms with Crippen LogP contribution in [0.4, 0.5) is 11.4 Å². The second-order valence-corrected chi connectivity index (χ2v) is 6.41. The van der Waals surface area contributed by atoms with Crippen molar-refractivity contribution in [3.8, 4) is 11.5 Å². The number of para-hydroxylation sites is 1. The minimum Gasteiger partial charge on any atom is -0.507 e. The molecule has 0 unspecified atom stereocenters. The van der Waals surface area contributed by atoms with Crippen LogP contribution in [0.15, 0.2) is 71.8 Å². The molecule has 0 aromatic heterocycles. The molecule has 0 aliphatic heterocycles. The number of amides is 1. The van der Waals surface area contributed by atoms with E-state index in [9.17, 15) is 30.1 Å². The summed E-state index contributed by atoms with van der Waals surface area (Å²) in [6, 6.07) is 15.8. The zero-order chi connectivity index (χ0) is 23.1. The van der Waals surface area contributed by atoms with Crippen LogP contribution in [-0.2, 0) is 6.61 Å². The van der Waals surface area contributed by atoms with E-state index in [1.54, 1.807) is 36.4 Å². The van der Waals surface area contributed by atoms with Crippen molar-refractivity contribution < 1.29 is 24.5 Å². The highest BCUT2D eigenvalue weighted by atomic mass is 16.6. The van der Waals surface area contributed by atoms with Crippen LogP contribution in [0.5, 0.6) is 11.5 Å². The molecule has 3 aromatic carbocycles. The fraction of sp³-hybridized carbons (Fsp3) is 0.0476. The Kier molecular flexibility index (Phi) is 6.71. The number of phenols is 1. The molecule has 0 aliphatic rings. The van der Waals surface area contributed by atoms with E-state index < -0.39 is 21.5 Å². The summed E-state index contributed by atoms with van der Waals surface area (Å²) in [5.74, 6) is -0.802. The number of benzene rings is 3. The van der Waals surface area contributed by atoms with E-state index in [0.29, 0.717) is 11.3 Å². The van der Waals surface area contributed by atoms with Crippen molar-refractivity contribution in [3.63, 3.8) is 0 Å². The second kappa shape index (κ2) is 9.80. The number of rotatable bonds is 8. The summed E-state index contributed by atoms with van der Waals surface area (Å²) in [5, 5.41) is 35.2. The van der Waals surface area contributed by atoms with E-state index in [0.717, 1.165) is 23.8 Å². The number of hydrogen-bond donors (Lipinski definition) is 2. The number of carbonyl (C=O) groups is 1. The molecule has 2 N–H and O–H groups in total. The maximum atomic E-state index is 12.2. The second-order valence-electron chi connectivity index (χ2n) is 6.41. The first kappa shape index (κ1) is 21.9. The van der Waals surface area contributed by atoms with Crippen LogP contribution in [0.3, 0.4) is 0 Å². The third-order valence-electron chi connectivity index (χ3n) is 4.27. The number of ether oxygens (including phenoxy) is 1. The molecule has 0 spiro atoms. The van der Waals surface area contributed by atoms with Crippen LogP contribution in [0.2, 0.25) is 0 Å². The number of hydrazone groups is 1. The van der Waals surface area contributed by atoms with Gasteiger partial charge >= 0.3 is 0 Å². The number of nitro benzene ring substituents is 2. The van der Waals surface area contributed by atoms with Crippen LogP contribution < -0.4 is 10.2 Å². The van der Waals surface area contributed by atoms with Gasteiger partial charge in [0.05, 0.1) is 21.6 Å². The van der Waals surface area contributed by atoms with E-state index in [1.165, 1.54) is 18.3 Å². The van der Waals surface area contributed by atoms with Gasteiger partial charge in [0.1, 0.15) is 18.1 Å². The average Bonchev–Trinajstić information content (AvgIpc) is 2.78. The monoisotopic (exact) mass is 436 g/mol. The molecule has 11 nitrogen and oxygen atoms in total. The Labute approximate surface area is 180 Å². The first-order chi connectivity index (χ1) is 15.3. The van der Waals surface area contributed by atoms with E-state index in [-0.39, 0.29) is 23.5 Å². The van der Waals surface area contributed by atoms with Crippen molar-refractivity contribution in [2.45, 2.75) is 6.61 Å². The molecular formula is C21H16N4O7. The number of phenolic OH excluding ortho intramolecular Hbond substituents is 1. The topological polar surface area (TPSA) is 157 Å². The number of hydrogen-bond acceptors (Lipinski definition) is 8. The molecule has 0 fully saturated rings. The maximum Gasteiger partial charge on any atom is 0.275 e. The SMILES string of the molecule is O=C(NN=Cc1ccccc1OCc1ccc([N+](=O)[O-])cc1)c1cc([N+](=O)[O-])ccc1O. The molecule has 32 heavy (non-hydrogen) atoms. The van der Waals surface area contributed by atoms with Crippen LogP contribution in [0.25, 0.3) is 0 Å². The summed E-state index contributed by atoms with van der Waals surface area (Å²) in [6.07, 6.45) is 1.32. The fourth-order valence-electron chi connectivity index (χ4n) is 2.63. The highest BCUT2D eigenvalue weighted by Crippen LogP contribution is 2.23. The van der Waals surface area contributed by atoms with Crippen molar-refractivity contribution in [2.75, 3.05) is 0 Å². The number of non-ortho nitro benzene ring substituents is 2. The Hall–Kier alpha value is -4.80. The average molecular weight is 436 g/mol. The number of nitrogens with one attached hydrogen (secondary N) is 1. The molecule has 11 heteroatoms. The maximum absolute atomic E-state index is 12.2.